The van der Waals surface area contributed by atoms with Crippen molar-refractivity contribution in [2.45, 2.75) is 31.7 Å². The second-order valence-electron chi connectivity index (χ2n) is 4.88. The molecular weight excluding hydrogens is 262 g/mol. The first-order chi connectivity index (χ1) is 9.48. The lowest BCUT2D eigenvalue weighted by molar-refractivity contribution is -0.384. The minimum Gasteiger partial charge on any atom is -0.508 e. The molecular formula is C13H17N3O4. The number of anilines is 1. The molecule has 0 aromatic heterocycles. The van der Waals surface area contributed by atoms with E-state index < -0.39 is 10.5 Å². The number of phenolic OH excluding ortho intramolecular Hbond substituents is 1. The number of phenols is 1. The van der Waals surface area contributed by atoms with Gasteiger partial charge in [-0.15, -0.1) is 0 Å². The average Bonchev–Trinajstić information content (AvgIpc) is 2.90. The first kappa shape index (κ1) is 14.3. The molecule has 1 aliphatic rings. The van der Waals surface area contributed by atoms with Crippen molar-refractivity contribution in [3.63, 3.8) is 0 Å². The highest BCUT2D eigenvalue weighted by molar-refractivity contribution is 6.00. The van der Waals surface area contributed by atoms with Gasteiger partial charge < -0.3 is 15.7 Å². The van der Waals surface area contributed by atoms with Crippen LogP contribution in [-0.4, -0.2) is 28.0 Å². The van der Waals surface area contributed by atoms with Crippen molar-refractivity contribution in [1.29, 1.82) is 0 Å². The molecule has 1 atom stereocenters. The Bertz CT molecular complexity index is 538. The van der Waals surface area contributed by atoms with Gasteiger partial charge in [0.1, 0.15) is 11.4 Å². The van der Waals surface area contributed by atoms with Gasteiger partial charge in [0.05, 0.1) is 16.5 Å². The van der Waals surface area contributed by atoms with E-state index in [0.29, 0.717) is 12.8 Å². The number of nitro benzene ring substituents is 1. The van der Waals surface area contributed by atoms with Crippen molar-refractivity contribution >= 4 is 17.3 Å². The first-order valence-corrected chi connectivity index (χ1v) is 6.52. The lowest BCUT2D eigenvalue weighted by Crippen LogP contribution is -2.50. The topological polar surface area (TPSA) is 104 Å². The maximum absolute atomic E-state index is 12.4. The Labute approximate surface area is 116 Å². The Morgan fingerprint density at radius 1 is 1.60 bits per heavy atom. The highest BCUT2D eigenvalue weighted by Crippen LogP contribution is 2.31. The van der Waals surface area contributed by atoms with Crippen molar-refractivity contribution < 1.29 is 14.8 Å². The number of carbonyl (C=O) groups is 1. The molecule has 1 aromatic rings. The van der Waals surface area contributed by atoms with Crippen molar-refractivity contribution in [2.24, 2.45) is 0 Å². The van der Waals surface area contributed by atoms with Crippen molar-refractivity contribution in [2.75, 3.05) is 11.9 Å². The third-order valence-corrected chi connectivity index (χ3v) is 3.71. The van der Waals surface area contributed by atoms with E-state index in [2.05, 4.69) is 10.6 Å². The van der Waals surface area contributed by atoms with E-state index in [1.54, 1.807) is 0 Å². The zero-order chi connectivity index (χ0) is 14.8. The Morgan fingerprint density at radius 2 is 2.35 bits per heavy atom. The van der Waals surface area contributed by atoms with Crippen LogP contribution in [0.15, 0.2) is 18.2 Å². The zero-order valence-corrected chi connectivity index (χ0v) is 11.2. The second-order valence-corrected chi connectivity index (χ2v) is 4.88. The largest absolute Gasteiger partial charge is 0.508 e. The SMILES string of the molecule is CCC1(C(=O)Nc2ccc(O)cc2[N+](=O)[O-])CCCN1. The molecule has 7 nitrogen and oxygen atoms in total. The molecule has 3 N–H and O–H groups in total. The summed E-state index contributed by atoms with van der Waals surface area (Å²) in [6.45, 7) is 2.67. The Balaban J connectivity index is 2.25. The average molecular weight is 279 g/mol. The Hall–Kier alpha value is -2.15. The number of nitrogens with one attached hydrogen (secondary N) is 2. The molecule has 1 aliphatic heterocycles. The maximum Gasteiger partial charge on any atom is 0.296 e. The Kier molecular flexibility index (Phi) is 3.89. The van der Waals surface area contributed by atoms with E-state index >= 15 is 0 Å². The fraction of sp³-hybridized carbons (Fsp3) is 0.462. The summed E-state index contributed by atoms with van der Waals surface area (Å²) in [5, 5.41) is 26.0. The van der Waals surface area contributed by atoms with Crippen LogP contribution in [0.4, 0.5) is 11.4 Å². The lowest BCUT2D eigenvalue weighted by atomic mass is 9.93. The molecule has 1 heterocycles. The number of rotatable bonds is 4. The molecule has 2 rings (SSSR count). The van der Waals surface area contributed by atoms with Crippen LogP contribution in [0.1, 0.15) is 26.2 Å². The van der Waals surface area contributed by atoms with Crippen molar-refractivity contribution in [3.05, 3.63) is 28.3 Å². The van der Waals surface area contributed by atoms with Crippen molar-refractivity contribution in [1.82, 2.24) is 5.32 Å². The summed E-state index contributed by atoms with van der Waals surface area (Å²) >= 11 is 0. The van der Waals surface area contributed by atoms with Gasteiger partial charge in [0.15, 0.2) is 0 Å². The van der Waals surface area contributed by atoms with E-state index in [1.165, 1.54) is 12.1 Å². The molecule has 1 unspecified atom stereocenters. The van der Waals surface area contributed by atoms with Crippen LogP contribution in [0.2, 0.25) is 0 Å². The molecule has 0 spiro atoms. The van der Waals surface area contributed by atoms with Crippen LogP contribution >= 0.6 is 0 Å². The molecule has 1 aromatic carbocycles. The maximum atomic E-state index is 12.4. The van der Waals surface area contributed by atoms with Crippen LogP contribution in [0.5, 0.6) is 5.75 Å². The number of aromatic hydroxyl groups is 1. The number of amides is 1. The molecule has 20 heavy (non-hydrogen) atoms. The molecule has 1 amide bonds. The minimum atomic E-state index is -0.661. The fourth-order valence-electron chi connectivity index (χ4n) is 2.48. The second kappa shape index (κ2) is 5.46. The lowest BCUT2D eigenvalue weighted by Gasteiger charge is -2.26. The van der Waals surface area contributed by atoms with Crippen LogP contribution < -0.4 is 10.6 Å². The summed E-state index contributed by atoms with van der Waals surface area (Å²) in [6.07, 6.45) is 2.23. The summed E-state index contributed by atoms with van der Waals surface area (Å²) in [5.74, 6) is -0.481. The molecule has 1 saturated heterocycles. The highest BCUT2D eigenvalue weighted by Gasteiger charge is 2.39. The van der Waals surface area contributed by atoms with E-state index in [4.69, 9.17) is 0 Å². The molecule has 7 heteroatoms. The van der Waals surface area contributed by atoms with Gasteiger partial charge in [-0.1, -0.05) is 6.92 Å². The van der Waals surface area contributed by atoms with Crippen LogP contribution in [0.25, 0.3) is 0 Å². The van der Waals surface area contributed by atoms with E-state index in [9.17, 15) is 20.0 Å². The van der Waals surface area contributed by atoms with Gasteiger partial charge >= 0.3 is 0 Å². The predicted octanol–water partition coefficient (Wildman–Crippen LogP) is 1.77. The van der Waals surface area contributed by atoms with E-state index in [-0.39, 0.29) is 23.0 Å². The molecule has 0 aliphatic carbocycles. The van der Waals surface area contributed by atoms with Crippen LogP contribution in [0, 0.1) is 10.1 Å². The number of hydrogen-bond acceptors (Lipinski definition) is 5. The van der Waals surface area contributed by atoms with Gasteiger partial charge in [-0.2, -0.15) is 0 Å². The predicted molar refractivity (Wildman–Crippen MR) is 73.6 cm³/mol. The summed E-state index contributed by atoms with van der Waals surface area (Å²) in [4.78, 5) is 22.7. The van der Waals surface area contributed by atoms with Gasteiger partial charge in [0.25, 0.3) is 5.69 Å². The standard InChI is InChI=1S/C13H17N3O4/c1-2-13(6-3-7-14-13)12(18)15-10-5-4-9(17)8-11(10)16(19)20/h4-5,8,14,17H,2-3,6-7H2,1H3,(H,15,18). The van der Waals surface area contributed by atoms with Gasteiger partial charge in [0, 0.05) is 0 Å². The third kappa shape index (κ3) is 2.57. The van der Waals surface area contributed by atoms with E-state index in [1.807, 2.05) is 6.92 Å². The molecule has 1 fully saturated rings. The number of hydrogen-bond donors (Lipinski definition) is 3. The van der Waals surface area contributed by atoms with Gasteiger partial charge in [-0.25, -0.2) is 0 Å². The highest BCUT2D eigenvalue weighted by atomic mass is 16.6. The summed E-state index contributed by atoms with van der Waals surface area (Å²) in [5.41, 5.74) is -0.881. The van der Waals surface area contributed by atoms with Crippen molar-refractivity contribution in [3.8, 4) is 5.75 Å². The van der Waals surface area contributed by atoms with Gasteiger partial charge in [-0.3, -0.25) is 14.9 Å². The van der Waals surface area contributed by atoms with Crippen LogP contribution in [-0.2, 0) is 4.79 Å². The normalized spacial score (nSPS) is 21.6. The monoisotopic (exact) mass is 279 g/mol. The number of nitrogens with zero attached hydrogens (tertiary/aromatic N) is 1. The summed E-state index contributed by atoms with van der Waals surface area (Å²) in [6, 6.07) is 3.67. The number of carbonyl (C=O) groups excluding carboxylic acids is 1. The van der Waals surface area contributed by atoms with Gasteiger partial charge in [-0.05, 0) is 37.9 Å². The van der Waals surface area contributed by atoms with Gasteiger partial charge in [0.2, 0.25) is 5.91 Å². The molecule has 0 bridgehead atoms. The molecule has 108 valence electrons. The number of nitro groups is 1. The summed E-state index contributed by atoms with van der Waals surface area (Å²) in [7, 11) is 0. The van der Waals surface area contributed by atoms with Crippen LogP contribution in [0.3, 0.4) is 0 Å². The quantitative estimate of drug-likeness (QED) is 0.442. The molecule has 0 radical (unpaired) electrons. The minimum absolute atomic E-state index is 0.0966. The molecule has 0 saturated carbocycles. The third-order valence-electron chi connectivity index (χ3n) is 3.71. The number of benzene rings is 1. The van der Waals surface area contributed by atoms with E-state index in [0.717, 1.165) is 19.0 Å². The Morgan fingerprint density at radius 3 is 2.90 bits per heavy atom. The smallest absolute Gasteiger partial charge is 0.296 e. The zero-order valence-electron chi connectivity index (χ0n) is 11.2. The first-order valence-electron chi connectivity index (χ1n) is 6.52. The summed E-state index contributed by atoms with van der Waals surface area (Å²) < 4.78 is 0. The fourth-order valence-corrected chi connectivity index (χ4v) is 2.48.